The van der Waals surface area contributed by atoms with Crippen LogP contribution in [0.1, 0.15) is 22.2 Å². The fourth-order valence-electron chi connectivity index (χ4n) is 2.28. The van der Waals surface area contributed by atoms with Gasteiger partial charge in [0, 0.05) is 11.2 Å². The maximum atomic E-state index is 12.2. The van der Waals surface area contributed by atoms with Gasteiger partial charge in [-0.25, -0.2) is 4.79 Å². The van der Waals surface area contributed by atoms with E-state index < -0.39 is 12.1 Å². The Kier molecular flexibility index (Phi) is 4.91. The van der Waals surface area contributed by atoms with Gasteiger partial charge >= 0.3 is 5.97 Å². The van der Waals surface area contributed by atoms with Crippen molar-refractivity contribution in [3.05, 3.63) is 71.1 Å². The lowest BCUT2D eigenvalue weighted by Crippen LogP contribution is -2.35. The van der Waals surface area contributed by atoms with Crippen molar-refractivity contribution in [2.75, 3.05) is 0 Å². The van der Waals surface area contributed by atoms with Crippen LogP contribution < -0.4 is 5.32 Å². The Morgan fingerprint density at radius 2 is 1.79 bits per heavy atom. The molecule has 0 unspecified atom stereocenters. The van der Waals surface area contributed by atoms with Crippen LogP contribution in [0.2, 0.25) is 0 Å². The van der Waals surface area contributed by atoms with Gasteiger partial charge in [0.05, 0.1) is 0 Å². The summed E-state index contributed by atoms with van der Waals surface area (Å²) in [4.78, 5) is 24.8. The normalized spacial score (nSPS) is 11.9. The Labute approximate surface area is 144 Å². The third-order valence-corrected chi connectivity index (χ3v) is 4.69. The van der Waals surface area contributed by atoms with Gasteiger partial charge in [0.1, 0.15) is 4.88 Å². The van der Waals surface area contributed by atoms with Crippen molar-refractivity contribution >= 4 is 33.3 Å². The molecule has 0 aliphatic carbocycles. The van der Waals surface area contributed by atoms with Crippen molar-refractivity contribution < 1.29 is 14.3 Å². The molecule has 1 aromatic heterocycles. The van der Waals surface area contributed by atoms with Crippen molar-refractivity contribution in [1.29, 1.82) is 0 Å². The van der Waals surface area contributed by atoms with Gasteiger partial charge < -0.3 is 10.1 Å². The van der Waals surface area contributed by atoms with Gasteiger partial charge in [0.15, 0.2) is 6.10 Å². The molecular formula is C19H17NO3S. The van der Waals surface area contributed by atoms with Crippen molar-refractivity contribution in [3.8, 4) is 0 Å². The lowest BCUT2D eigenvalue weighted by molar-refractivity contribution is -0.129. The molecule has 0 spiro atoms. The highest BCUT2D eigenvalue weighted by molar-refractivity contribution is 7.20. The Bertz CT molecular complexity index is 824. The van der Waals surface area contributed by atoms with Gasteiger partial charge in [-0.05, 0) is 30.0 Å². The number of thiophene rings is 1. The number of fused-ring (bicyclic) bond motifs is 1. The van der Waals surface area contributed by atoms with Crippen LogP contribution >= 0.6 is 11.3 Å². The highest BCUT2D eigenvalue weighted by atomic mass is 32.1. The van der Waals surface area contributed by atoms with Crippen molar-refractivity contribution in [2.24, 2.45) is 0 Å². The number of ether oxygens (including phenoxy) is 1. The van der Waals surface area contributed by atoms with E-state index in [0.717, 1.165) is 15.6 Å². The van der Waals surface area contributed by atoms with Crippen molar-refractivity contribution in [3.63, 3.8) is 0 Å². The largest absolute Gasteiger partial charge is 0.448 e. The van der Waals surface area contributed by atoms with Gasteiger partial charge in [-0.2, -0.15) is 0 Å². The molecule has 0 saturated heterocycles. The number of benzene rings is 2. The minimum atomic E-state index is -0.841. The second-order valence-electron chi connectivity index (χ2n) is 5.40. The number of carbonyl (C=O) groups is 2. The fraction of sp³-hybridized carbons (Fsp3) is 0.158. The number of hydrogen-bond donors (Lipinski definition) is 1. The van der Waals surface area contributed by atoms with Gasteiger partial charge in [-0.3, -0.25) is 4.79 Å². The van der Waals surface area contributed by atoms with Gasteiger partial charge in [0.2, 0.25) is 0 Å². The second-order valence-corrected chi connectivity index (χ2v) is 6.48. The number of carbonyl (C=O) groups excluding carboxylic acids is 2. The Morgan fingerprint density at radius 1 is 1.08 bits per heavy atom. The molecule has 122 valence electrons. The molecule has 3 rings (SSSR count). The molecule has 0 bridgehead atoms. The van der Waals surface area contributed by atoms with Crippen LogP contribution in [0, 0.1) is 0 Å². The zero-order valence-corrected chi connectivity index (χ0v) is 14.0. The van der Waals surface area contributed by atoms with Crippen molar-refractivity contribution in [2.45, 2.75) is 19.6 Å². The van der Waals surface area contributed by atoms with E-state index >= 15 is 0 Å². The molecule has 5 heteroatoms. The topological polar surface area (TPSA) is 55.4 Å². The molecule has 1 heterocycles. The molecular weight excluding hydrogens is 322 g/mol. The average Bonchev–Trinajstić information content (AvgIpc) is 3.04. The highest BCUT2D eigenvalue weighted by Crippen LogP contribution is 2.26. The van der Waals surface area contributed by atoms with Crippen LogP contribution in [0.15, 0.2) is 60.7 Å². The van der Waals surface area contributed by atoms with E-state index in [-0.39, 0.29) is 5.91 Å². The molecule has 0 aliphatic heterocycles. The van der Waals surface area contributed by atoms with E-state index in [4.69, 9.17) is 4.74 Å². The summed E-state index contributed by atoms with van der Waals surface area (Å²) >= 11 is 1.36. The number of esters is 1. The summed E-state index contributed by atoms with van der Waals surface area (Å²) < 4.78 is 6.29. The predicted molar refractivity (Wildman–Crippen MR) is 95.0 cm³/mol. The minimum Gasteiger partial charge on any atom is -0.448 e. The van der Waals surface area contributed by atoms with E-state index in [1.807, 2.05) is 54.6 Å². The number of rotatable bonds is 5. The lowest BCUT2D eigenvalue weighted by atomic mass is 10.2. The van der Waals surface area contributed by atoms with Gasteiger partial charge in [-0.1, -0.05) is 48.5 Å². The maximum Gasteiger partial charge on any atom is 0.349 e. The number of hydrogen-bond acceptors (Lipinski definition) is 4. The Balaban J connectivity index is 1.58. The molecule has 1 atom stereocenters. The fourth-order valence-corrected chi connectivity index (χ4v) is 3.23. The van der Waals surface area contributed by atoms with Crippen LogP contribution in [-0.2, 0) is 16.1 Å². The summed E-state index contributed by atoms with van der Waals surface area (Å²) in [6.45, 7) is 1.98. The van der Waals surface area contributed by atoms with E-state index in [2.05, 4.69) is 5.32 Å². The predicted octanol–water partition coefficient (Wildman–Crippen LogP) is 3.76. The van der Waals surface area contributed by atoms with E-state index in [1.165, 1.54) is 11.3 Å². The van der Waals surface area contributed by atoms with E-state index in [1.54, 1.807) is 13.0 Å². The lowest BCUT2D eigenvalue weighted by Gasteiger charge is -2.13. The summed E-state index contributed by atoms with van der Waals surface area (Å²) in [7, 11) is 0. The maximum absolute atomic E-state index is 12.2. The van der Waals surface area contributed by atoms with Crippen molar-refractivity contribution in [1.82, 2.24) is 5.32 Å². The second kappa shape index (κ2) is 7.27. The zero-order valence-electron chi connectivity index (χ0n) is 13.2. The quantitative estimate of drug-likeness (QED) is 0.720. The first kappa shape index (κ1) is 16.2. The monoisotopic (exact) mass is 339 g/mol. The first-order valence-electron chi connectivity index (χ1n) is 7.64. The number of amides is 1. The molecule has 4 nitrogen and oxygen atoms in total. The molecule has 0 radical (unpaired) electrons. The summed E-state index contributed by atoms with van der Waals surface area (Å²) in [6, 6.07) is 19.1. The molecule has 3 aromatic rings. The molecule has 0 fully saturated rings. The SMILES string of the molecule is C[C@H](OC(=O)c1cc2ccccc2s1)C(=O)NCc1ccccc1. The summed E-state index contributed by atoms with van der Waals surface area (Å²) in [5.41, 5.74) is 0.994. The summed E-state index contributed by atoms with van der Waals surface area (Å²) in [5, 5.41) is 3.77. The van der Waals surface area contributed by atoms with Crippen LogP contribution in [0.4, 0.5) is 0 Å². The first-order valence-corrected chi connectivity index (χ1v) is 8.46. The molecule has 0 aliphatic rings. The van der Waals surface area contributed by atoms with Crippen LogP contribution in [0.3, 0.4) is 0 Å². The van der Waals surface area contributed by atoms with E-state index in [0.29, 0.717) is 11.4 Å². The standard InChI is InChI=1S/C19H17NO3S/c1-13(18(21)20-12-14-7-3-2-4-8-14)23-19(22)17-11-15-9-5-6-10-16(15)24-17/h2-11,13H,12H2,1H3,(H,20,21)/t13-/m0/s1. The Morgan fingerprint density at radius 3 is 2.54 bits per heavy atom. The molecule has 24 heavy (non-hydrogen) atoms. The van der Waals surface area contributed by atoms with Crippen LogP contribution in [0.25, 0.3) is 10.1 Å². The van der Waals surface area contributed by atoms with Crippen LogP contribution in [0.5, 0.6) is 0 Å². The molecule has 1 amide bonds. The molecule has 0 saturated carbocycles. The van der Waals surface area contributed by atoms with Gasteiger partial charge in [-0.15, -0.1) is 11.3 Å². The van der Waals surface area contributed by atoms with Gasteiger partial charge in [0.25, 0.3) is 5.91 Å². The first-order chi connectivity index (χ1) is 11.6. The highest BCUT2D eigenvalue weighted by Gasteiger charge is 2.20. The molecule has 2 aromatic carbocycles. The third-order valence-electron chi connectivity index (χ3n) is 3.59. The third kappa shape index (κ3) is 3.81. The molecule has 1 N–H and O–H groups in total. The summed E-state index contributed by atoms with van der Waals surface area (Å²) in [5.74, 6) is -0.785. The average molecular weight is 339 g/mol. The zero-order chi connectivity index (χ0) is 16.9. The number of nitrogens with one attached hydrogen (secondary N) is 1. The smallest absolute Gasteiger partial charge is 0.349 e. The minimum absolute atomic E-state index is 0.312. The summed E-state index contributed by atoms with van der Waals surface area (Å²) in [6.07, 6.45) is -0.841. The van der Waals surface area contributed by atoms with Crippen LogP contribution in [-0.4, -0.2) is 18.0 Å². The Hall–Kier alpha value is -2.66. The van der Waals surface area contributed by atoms with E-state index in [9.17, 15) is 9.59 Å².